The first-order chi connectivity index (χ1) is 21.0. The van der Waals surface area contributed by atoms with E-state index in [1.54, 1.807) is 0 Å². The molecule has 0 bridgehead atoms. The Morgan fingerprint density at radius 2 is 1.77 bits per heavy atom. The molecule has 0 atom stereocenters. The Balaban J connectivity index is 0.973. The quantitative estimate of drug-likeness (QED) is 0.166. The van der Waals surface area contributed by atoms with Crippen molar-refractivity contribution in [2.24, 2.45) is 0 Å². The van der Waals surface area contributed by atoms with Gasteiger partial charge in [0.25, 0.3) is 0 Å². The number of carbonyl (C=O) groups excluding carboxylic acids is 1. The molecule has 3 aromatic heterocycles. The van der Waals surface area contributed by atoms with E-state index in [1.165, 1.54) is 11.8 Å². The molecule has 218 valence electrons. The van der Waals surface area contributed by atoms with Gasteiger partial charge in [-0.2, -0.15) is 0 Å². The number of hydrogen-bond acceptors (Lipinski definition) is 6. The first-order valence-corrected chi connectivity index (χ1v) is 15.9. The molecule has 1 saturated heterocycles. The van der Waals surface area contributed by atoms with Crippen molar-refractivity contribution in [3.63, 3.8) is 0 Å². The number of para-hydroxylation sites is 3. The maximum atomic E-state index is 13.0. The molecule has 6 aromatic rings. The monoisotopic (exact) mass is 611 g/mol. The number of H-pyrrole nitrogens is 1. The van der Waals surface area contributed by atoms with Gasteiger partial charge < -0.3 is 14.5 Å². The Bertz CT molecular complexity index is 2010. The number of hydrogen-bond donors (Lipinski definition) is 1. The number of amides is 1. The fourth-order valence-corrected chi connectivity index (χ4v) is 7.02. The van der Waals surface area contributed by atoms with Crippen molar-refractivity contribution in [1.29, 1.82) is 0 Å². The highest BCUT2D eigenvalue weighted by atomic mass is 35.5. The number of thioether (sulfide) groups is 1. The summed E-state index contributed by atoms with van der Waals surface area (Å²) in [5.41, 5.74) is 5.38. The van der Waals surface area contributed by atoms with Gasteiger partial charge in [0.15, 0.2) is 5.65 Å². The number of carbonyl (C=O) groups is 1. The number of halogens is 1. The van der Waals surface area contributed by atoms with Crippen LogP contribution < -0.4 is 5.69 Å². The lowest BCUT2D eigenvalue weighted by atomic mass is 10.0. The average Bonchev–Trinajstić information content (AvgIpc) is 3.53. The second kappa shape index (κ2) is 11.9. The third-order valence-electron chi connectivity index (χ3n) is 8.16. The number of imidazole rings is 1. The number of fused-ring (bicyclic) bond motifs is 4. The fourth-order valence-electron chi connectivity index (χ4n) is 6.08. The number of aromatic nitrogens is 6. The first kappa shape index (κ1) is 27.7. The van der Waals surface area contributed by atoms with E-state index in [0.29, 0.717) is 42.0 Å². The minimum absolute atomic E-state index is 0.0808. The van der Waals surface area contributed by atoms with E-state index in [4.69, 9.17) is 16.6 Å². The predicted molar refractivity (Wildman–Crippen MR) is 171 cm³/mol. The summed E-state index contributed by atoms with van der Waals surface area (Å²) in [7, 11) is 0. The molecule has 0 spiro atoms. The Morgan fingerprint density at radius 1 is 0.977 bits per heavy atom. The molecule has 1 N–H and O–H groups in total. The third kappa shape index (κ3) is 5.52. The van der Waals surface area contributed by atoms with E-state index in [0.717, 1.165) is 57.9 Å². The molecule has 1 fully saturated rings. The van der Waals surface area contributed by atoms with Crippen LogP contribution in [0.3, 0.4) is 0 Å². The molecule has 0 saturated carbocycles. The van der Waals surface area contributed by atoms with Crippen molar-refractivity contribution in [2.45, 2.75) is 43.4 Å². The molecule has 3 aromatic carbocycles. The molecule has 7 rings (SSSR count). The van der Waals surface area contributed by atoms with E-state index in [1.807, 2.05) is 70.1 Å². The summed E-state index contributed by atoms with van der Waals surface area (Å²) in [6.45, 7) is 1.93. The van der Waals surface area contributed by atoms with Crippen molar-refractivity contribution in [3.05, 3.63) is 93.9 Å². The SMILES string of the molecule is O=C(CCCSc1nnc2c3ccccc3n(Cc3cccc(Cl)c3)c2n1)N1CCC(n2c(=O)[nH]c3ccccc32)CC1. The number of nitrogens with zero attached hydrogens (tertiary/aromatic N) is 6. The lowest BCUT2D eigenvalue weighted by Gasteiger charge is -2.32. The van der Waals surface area contributed by atoms with Crippen LogP contribution in [0.25, 0.3) is 33.1 Å². The summed E-state index contributed by atoms with van der Waals surface area (Å²) in [5.74, 6) is 0.871. The van der Waals surface area contributed by atoms with E-state index in [9.17, 15) is 9.59 Å². The van der Waals surface area contributed by atoms with Gasteiger partial charge in [-0.15, -0.1) is 10.2 Å². The van der Waals surface area contributed by atoms with Gasteiger partial charge in [0.05, 0.1) is 16.6 Å². The summed E-state index contributed by atoms with van der Waals surface area (Å²) in [6, 6.07) is 23.8. The molecule has 11 heteroatoms. The molecular formula is C32H30ClN7O2S. The lowest BCUT2D eigenvalue weighted by Crippen LogP contribution is -2.40. The highest BCUT2D eigenvalue weighted by Crippen LogP contribution is 2.29. The maximum absolute atomic E-state index is 13.0. The Labute approximate surface area is 256 Å². The van der Waals surface area contributed by atoms with Crippen LogP contribution in [0.15, 0.2) is 82.7 Å². The smallest absolute Gasteiger partial charge is 0.326 e. The molecule has 9 nitrogen and oxygen atoms in total. The fraction of sp³-hybridized carbons (Fsp3) is 0.281. The van der Waals surface area contributed by atoms with Crippen molar-refractivity contribution in [1.82, 2.24) is 34.2 Å². The molecule has 1 aliphatic heterocycles. The van der Waals surface area contributed by atoms with Crippen LogP contribution in [0.1, 0.15) is 37.3 Å². The van der Waals surface area contributed by atoms with E-state index in [2.05, 4.69) is 31.9 Å². The van der Waals surface area contributed by atoms with Crippen molar-refractivity contribution >= 4 is 62.4 Å². The van der Waals surface area contributed by atoms with Crippen molar-refractivity contribution in [3.8, 4) is 0 Å². The lowest BCUT2D eigenvalue weighted by molar-refractivity contribution is -0.132. The van der Waals surface area contributed by atoms with Gasteiger partial charge in [0.2, 0.25) is 11.1 Å². The number of piperidine rings is 1. The number of likely N-dealkylation sites (tertiary alicyclic amines) is 1. The van der Waals surface area contributed by atoms with Crippen LogP contribution >= 0.6 is 23.4 Å². The molecule has 43 heavy (non-hydrogen) atoms. The zero-order chi connectivity index (χ0) is 29.3. The Hall–Kier alpha value is -4.15. The summed E-state index contributed by atoms with van der Waals surface area (Å²) in [4.78, 5) is 35.3. The van der Waals surface area contributed by atoms with Crippen LogP contribution in [0.4, 0.5) is 0 Å². The minimum atomic E-state index is -0.0808. The maximum Gasteiger partial charge on any atom is 0.326 e. The number of benzene rings is 3. The third-order valence-corrected chi connectivity index (χ3v) is 9.32. The zero-order valence-corrected chi connectivity index (χ0v) is 25.0. The molecule has 1 aliphatic rings. The summed E-state index contributed by atoms with van der Waals surface area (Å²) in [6.07, 6.45) is 2.73. The Morgan fingerprint density at radius 3 is 2.60 bits per heavy atom. The van der Waals surface area contributed by atoms with Crippen LogP contribution in [0.5, 0.6) is 0 Å². The number of aromatic amines is 1. The van der Waals surface area contributed by atoms with Gasteiger partial charge in [-0.25, -0.2) is 9.78 Å². The summed E-state index contributed by atoms with van der Waals surface area (Å²) in [5, 5.41) is 11.3. The van der Waals surface area contributed by atoms with Gasteiger partial charge >= 0.3 is 5.69 Å². The van der Waals surface area contributed by atoms with E-state index >= 15 is 0 Å². The Kier molecular flexibility index (Phi) is 7.63. The standard InChI is InChI=1S/C32H30ClN7O2S/c33-22-8-5-7-21(19-22)20-39-26-11-3-1-9-24(26)29-30(39)35-31(37-36-29)43-18-6-13-28(41)38-16-14-23(15-17-38)40-27-12-4-2-10-25(27)34-32(40)42/h1-5,7-12,19,23H,6,13-18,20H2,(H,34,42). The van der Waals surface area contributed by atoms with Gasteiger partial charge in [0, 0.05) is 48.3 Å². The first-order valence-electron chi connectivity index (χ1n) is 14.5. The number of nitrogens with one attached hydrogen (secondary N) is 1. The molecule has 0 unspecified atom stereocenters. The molecular weight excluding hydrogens is 582 g/mol. The van der Waals surface area contributed by atoms with Gasteiger partial charge in [-0.1, -0.05) is 65.8 Å². The summed E-state index contributed by atoms with van der Waals surface area (Å²) < 4.78 is 4.01. The van der Waals surface area contributed by atoms with Crippen LogP contribution in [0, 0.1) is 0 Å². The molecule has 4 heterocycles. The molecule has 0 aliphatic carbocycles. The van der Waals surface area contributed by atoms with Crippen LogP contribution in [-0.2, 0) is 11.3 Å². The average molecular weight is 612 g/mol. The van der Waals surface area contributed by atoms with E-state index in [-0.39, 0.29) is 17.6 Å². The van der Waals surface area contributed by atoms with Crippen molar-refractivity contribution in [2.75, 3.05) is 18.8 Å². The second-order valence-electron chi connectivity index (χ2n) is 10.9. The summed E-state index contributed by atoms with van der Waals surface area (Å²) >= 11 is 7.77. The topological polar surface area (TPSA) is 102 Å². The van der Waals surface area contributed by atoms with Gasteiger partial charge in [0.1, 0.15) is 5.52 Å². The minimum Gasteiger partial charge on any atom is -0.343 e. The van der Waals surface area contributed by atoms with E-state index < -0.39 is 0 Å². The zero-order valence-electron chi connectivity index (χ0n) is 23.4. The highest BCUT2D eigenvalue weighted by Gasteiger charge is 2.26. The predicted octanol–water partition coefficient (Wildman–Crippen LogP) is 6.06. The van der Waals surface area contributed by atoms with Gasteiger partial charge in [-0.05, 0) is 55.2 Å². The van der Waals surface area contributed by atoms with Crippen molar-refractivity contribution < 1.29 is 4.79 Å². The normalized spacial score (nSPS) is 14.3. The number of rotatable bonds is 8. The second-order valence-corrected chi connectivity index (χ2v) is 12.4. The largest absolute Gasteiger partial charge is 0.343 e. The van der Waals surface area contributed by atoms with Gasteiger partial charge in [-0.3, -0.25) is 9.36 Å². The van der Waals surface area contributed by atoms with Crippen LogP contribution in [0.2, 0.25) is 5.02 Å². The molecule has 0 radical (unpaired) electrons. The highest BCUT2D eigenvalue weighted by molar-refractivity contribution is 7.99. The molecule has 1 amide bonds. The van der Waals surface area contributed by atoms with Crippen LogP contribution in [-0.4, -0.2) is 58.9 Å².